The molecule has 1 atom stereocenters. The van der Waals surface area contributed by atoms with Crippen LogP contribution in [0.25, 0.3) is 22.5 Å². The van der Waals surface area contributed by atoms with Crippen LogP contribution >= 0.6 is 0 Å². The molecule has 1 unspecified atom stereocenters. The Morgan fingerprint density at radius 2 is 2.26 bits per heavy atom. The third kappa shape index (κ3) is 2.72. The summed E-state index contributed by atoms with van der Waals surface area (Å²) in [4.78, 5) is 17.3. The largest absolute Gasteiger partial charge is 0.463 e. The lowest BCUT2D eigenvalue weighted by atomic mass is 10.1. The van der Waals surface area contributed by atoms with Gasteiger partial charge in [0.1, 0.15) is 5.69 Å². The Bertz CT molecular complexity index is 849. The number of aromatic nitrogens is 3. The molecule has 3 aromatic heterocycles. The van der Waals surface area contributed by atoms with Gasteiger partial charge in [-0.15, -0.1) is 0 Å². The van der Waals surface area contributed by atoms with Crippen LogP contribution in [0.2, 0.25) is 0 Å². The van der Waals surface area contributed by atoms with Crippen molar-refractivity contribution < 1.29 is 9.21 Å². The van der Waals surface area contributed by atoms with Gasteiger partial charge in [0, 0.05) is 13.1 Å². The second kappa shape index (κ2) is 5.87. The molecule has 0 saturated carbocycles. The van der Waals surface area contributed by atoms with E-state index in [9.17, 15) is 4.79 Å². The van der Waals surface area contributed by atoms with Crippen molar-refractivity contribution in [3.8, 4) is 11.5 Å². The highest BCUT2D eigenvalue weighted by molar-refractivity contribution is 6.07. The van der Waals surface area contributed by atoms with Gasteiger partial charge in [0.15, 0.2) is 11.4 Å². The van der Waals surface area contributed by atoms with E-state index >= 15 is 0 Å². The Morgan fingerprint density at radius 3 is 2.91 bits per heavy atom. The van der Waals surface area contributed by atoms with Gasteiger partial charge in [-0.1, -0.05) is 6.92 Å². The van der Waals surface area contributed by atoms with Crippen molar-refractivity contribution in [1.29, 1.82) is 0 Å². The van der Waals surface area contributed by atoms with E-state index in [2.05, 4.69) is 15.4 Å². The first kappa shape index (κ1) is 15.3. The van der Waals surface area contributed by atoms with Crippen LogP contribution in [0.1, 0.15) is 36.3 Å². The number of amides is 1. The summed E-state index contributed by atoms with van der Waals surface area (Å²) >= 11 is 0. The second-order valence-corrected chi connectivity index (χ2v) is 5.72. The van der Waals surface area contributed by atoms with Crippen LogP contribution in [0.4, 0.5) is 0 Å². The first-order valence-corrected chi connectivity index (χ1v) is 7.70. The van der Waals surface area contributed by atoms with Crippen molar-refractivity contribution in [3.63, 3.8) is 0 Å². The highest BCUT2D eigenvalue weighted by atomic mass is 16.3. The second-order valence-electron chi connectivity index (χ2n) is 5.72. The summed E-state index contributed by atoms with van der Waals surface area (Å²) in [6.45, 7) is 5.91. The molecule has 0 aliphatic rings. The maximum Gasteiger partial charge on any atom is 0.252 e. The molecule has 3 aromatic rings. The first-order valence-electron chi connectivity index (χ1n) is 7.70. The number of nitrogens with zero attached hydrogens (tertiary/aromatic N) is 3. The van der Waals surface area contributed by atoms with Gasteiger partial charge >= 0.3 is 0 Å². The normalized spacial score (nSPS) is 12.5. The van der Waals surface area contributed by atoms with E-state index in [0.29, 0.717) is 22.7 Å². The lowest BCUT2D eigenvalue weighted by Crippen LogP contribution is -2.32. The summed E-state index contributed by atoms with van der Waals surface area (Å²) < 4.78 is 7.12. The van der Waals surface area contributed by atoms with Crippen LogP contribution in [-0.4, -0.2) is 26.7 Å². The summed E-state index contributed by atoms with van der Waals surface area (Å²) in [7, 11) is 1.82. The van der Waals surface area contributed by atoms with E-state index < -0.39 is 0 Å². The number of rotatable bonds is 4. The van der Waals surface area contributed by atoms with E-state index in [4.69, 9.17) is 4.42 Å². The van der Waals surface area contributed by atoms with Gasteiger partial charge < -0.3 is 9.73 Å². The number of fused-ring (bicyclic) bond motifs is 1. The van der Waals surface area contributed by atoms with Crippen molar-refractivity contribution in [1.82, 2.24) is 20.1 Å². The molecule has 6 heteroatoms. The van der Waals surface area contributed by atoms with Gasteiger partial charge in [-0.2, -0.15) is 5.10 Å². The predicted molar refractivity (Wildman–Crippen MR) is 88.2 cm³/mol. The number of hydrogen-bond donors (Lipinski definition) is 1. The number of carbonyl (C=O) groups excluding carboxylic acids is 1. The Morgan fingerprint density at radius 1 is 1.48 bits per heavy atom. The van der Waals surface area contributed by atoms with E-state index in [0.717, 1.165) is 17.5 Å². The van der Waals surface area contributed by atoms with E-state index in [1.54, 1.807) is 23.1 Å². The molecule has 3 rings (SSSR count). The molecule has 1 N–H and O–H groups in total. The summed E-state index contributed by atoms with van der Waals surface area (Å²) in [5.74, 6) is 0.513. The smallest absolute Gasteiger partial charge is 0.252 e. The fourth-order valence-corrected chi connectivity index (χ4v) is 2.58. The molecular weight excluding hydrogens is 292 g/mol. The Hall–Kier alpha value is -2.63. The lowest BCUT2D eigenvalue weighted by molar-refractivity contribution is 0.0941. The third-order valence-electron chi connectivity index (χ3n) is 3.98. The van der Waals surface area contributed by atoms with E-state index in [-0.39, 0.29) is 11.9 Å². The summed E-state index contributed by atoms with van der Waals surface area (Å²) in [5, 5.41) is 8.19. The zero-order valence-electron chi connectivity index (χ0n) is 13.8. The minimum atomic E-state index is -0.115. The molecule has 0 aromatic carbocycles. The maximum absolute atomic E-state index is 12.7. The molecule has 1 amide bonds. The van der Waals surface area contributed by atoms with Gasteiger partial charge in [0.2, 0.25) is 0 Å². The van der Waals surface area contributed by atoms with E-state index in [1.807, 2.05) is 33.9 Å². The molecule has 0 aliphatic heterocycles. The fourth-order valence-electron chi connectivity index (χ4n) is 2.58. The molecule has 120 valence electrons. The maximum atomic E-state index is 12.7. The fraction of sp³-hybridized carbons (Fsp3) is 0.353. The highest BCUT2D eigenvalue weighted by Crippen LogP contribution is 2.27. The number of nitrogens with one attached hydrogen (secondary N) is 1. The number of furan rings is 1. The van der Waals surface area contributed by atoms with Crippen molar-refractivity contribution in [3.05, 3.63) is 35.7 Å². The van der Waals surface area contributed by atoms with Gasteiger partial charge in [-0.3, -0.25) is 9.48 Å². The van der Waals surface area contributed by atoms with E-state index in [1.165, 1.54) is 0 Å². The predicted octanol–water partition coefficient (Wildman–Crippen LogP) is 3.07. The number of carbonyl (C=O) groups is 1. The van der Waals surface area contributed by atoms with Crippen molar-refractivity contribution in [2.45, 2.75) is 33.2 Å². The average molecular weight is 312 g/mol. The quantitative estimate of drug-likeness (QED) is 0.803. The van der Waals surface area contributed by atoms with Crippen molar-refractivity contribution >= 4 is 16.9 Å². The van der Waals surface area contributed by atoms with Gasteiger partial charge in [0.25, 0.3) is 5.91 Å². The number of aryl methyl sites for hydroxylation is 2. The van der Waals surface area contributed by atoms with Crippen molar-refractivity contribution in [2.75, 3.05) is 0 Å². The van der Waals surface area contributed by atoms with Crippen LogP contribution in [0, 0.1) is 6.92 Å². The Labute approximate surface area is 134 Å². The van der Waals surface area contributed by atoms with Gasteiger partial charge in [-0.05, 0) is 38.5 Å². The van der Waals surface area contributed by atoms with Gasteiger partial charge in [0.05, 0.1) is 22.9 Å². The molecule has 0 radical (unpaired) electrons. The highest BCUT2D eigenvalue weighted by Gasteiger charge is 2.20. The SMILES string of the molecule is CCC(C)NC(=O)c1cc(-c2ccco2)nc2c1c(C)nn2C. The molecule has 0 fully saturated rings. The molecular formula is C17H20N4O2. The zero-order valence-corrected chi connectivity index (χ0v) is 13.8. The topological polar surface area (TPSA) is 73.0 Å². The summed E-state index contributed by atoms with van der Waals surface area (Å²) in [6.07, 6.45) is 2.46. The van der Waals surface area contributed by atoms with Gasteiger partial charge in [-0.25, -0.2) is 4.98 Å². The average Bonchev–Trinajstić information content (AvgIpc) is 3.15. The number of hydrogen-bond acceptors (Lipinski definition) is 4. The minimum absolute atomic E-state index is 0.106. The molecule has 23 heavy (non-hydrogen) atoms. The molecule has 0 spiro atoms. The van der Waals surface area contributed by atoms with Crippen LogP contribution in [0.3, 0.4) is 0 Å². The zero-order chi connectivity index (χ0) is 16.6. The van der Waals surface area contributed by atoms with Crippen LogP contribution in [0.5, 0.6) is 0 Å². The standard InChI is InChI=1S/C17H20N4O2/c1-5-10(2)18-17(22)12-9-13(14-7-6-8-23-14)19-16-15(12)11(3)20-21(16)4/h6-10H,5H2,1-4H3,(H,18,22). The Kier molecular flexibility index (Phi) is 3.90. The van der Waals surface area contributed by atoms with Crippen LogP contribution in [0.15, 0.2) is 28.9 Å². The summed E-state index contributed by atoms with van der Waals surface area (Å²) in [6, 6.07) is 5.50. The van der Waals surface area contributed by atoms with Crippen LogP contribution in [-0.2, 0) is 7.05 Å². The molecule has 3 heterocycles. The monoisotopic (exact) mass is 312 g/mol. The lowest BCUT2D eigenvalue weighted by Gasteiger charge is -2.12. The van der Waals surface area contributed by atoms with Crippen molar-refractivity contribution in [2.24, 2.45) is 7.05 Å². The molecule has 0 bridgehead atoms. The third-order valence-corrected chi connectivity index (χ3v) is 3.98. The molecule has 0 saturated heterocycles. The molecule has 6 nitrogen and oxygen atoms in total. The van der Waals surface area contributed by atoms with Crippen LogP contribution < -0.4 is 5.32 Å². The minimum Gasteiger partial charge on any atom is -0.463 e. The Balaban J connectivity index is 2.19. The summed E-state index contributed by atoms with van der Waals surface area (Å²) in [5.41, 5.74) is 2.66. The first-order chi connectivity index (χ1) is 11.0. The molecule has 0 aliphatic carbocycles. The number of pyridine rings is 1.